The van der Waals surface area contributed by atoms with E-state index in [1.54, 1.807) is 29.8 Å². The molecule has 26 heavy (non-hydrogen) atoms. The second-order valence-corrected chi connectivity index (χ2v) is 6.35. The summed E-state index contributed by atoms with van der Waals surface area (Å²) in [5.41, 5.74) is 3.78. The molecule has 0 aliphatic carbocycles. The van der Waals surface area contributed by atoms with Gasteiger partial charge in [0.25, 0.3) is 5.91 Å². The SMILES string of the molecule is Cc1ccccc1NC(=O)CCNC(=O)c1ccc2nc(Cl)n(C)c2c1. The number of nitrogens with one attached hydrogen (secondary N) is 2. The third kappa shape index (κ3) is 3.86. The fourth-order valence-electron chi connectivity index (χ4n) is 2.62. The van der Waals surface area contributed by atoms with Crippen LogP contribution in [0.3, 0.4) is 0 Å². The topological polar surface area (TPSA) is 76.0 Å². The van der Waals surface area contributed by atoms with E-state index < -0.39 is 0 Å². The molecule has 2 amide bonds. The fourth-order valence-corrected chi connectivity index (χ4v) is 2.80. The van der Waals surface area contributed by atoms with Crippen LogP contribution < -0.4 is 10.6 Å². The number of carbonyl (C=O) groups excluding carboxylic acids is 2. The molecule has 0 aliphatic rings. The van der Waals surface area contributed by atoms with E-state index in [1.807, 2.05) is 31.2 Å². The molecule has 0 unspecified atom stereocenters. The van der Waals surface area contributed by atoms with Crippen molar-refractivity contribution in [2.75, 3.05) is 11.9 Å². The maximum absolute atomic E-state index is 12.3. The van der Waals surface area contributed by atoms with Crippen LogP contribution in [-0.4, -0.2) is 27.9 Å². The molecule has 0 fully saturated rings. The maximum atomic E-state index is 12.3. The summed E-state index contributed by atoms with van der Waals surface area (Å²) in [5, 5.41) is 5.97. The normalized spacial score (nSPS) is 10.7. The summed E-state index contributed by atoms with van der Waals surface area (Å²) in [5.74, 6) is -0.388. The van der Waals surface area contributed by atoms with Gasteiger partial charge in [-0.15, -0.1) is 0 Å². The highest BCUT2D eigenvalue weighted by Crippen LogP contribution is 2.19. The lowest BCUT2D eigenvalue weighted by Crippen LogP contribution is -2.27. The predicted octanol–water partition coefficient (Wildman–Crippen LogP) is 3.29. The lowest BCUT2D eigenvalue weighted by atomic mass is 10.2. The number of aromatic nitrogens is 2. The van der Waals surface area contributed by atoms with E-state index in [2.05, 4.69) is 15.6 Å². The Hall–Kier alpha value is -2.86. The second-order valence-electron chi connectivity index (χ2n) is 6.01. The van der Waals surface area contributed by atoms with Crippen molar-refractivity contribution in [2.24, 2.45) is 7.05 Å². The minimum Gasteiger partial charge on any atom is -0.352 e. The van der Waals surface area contributed by atoms with Gasteiger partial charge in [-0.3, -0.25) is 9.59 Å². The number of carbonyl (C=O) groups is 2. The minimum absolute atomic E-state index is 0.145. The number of benzene rings is 2. The van der Waals surface area contributed by atoms with Crippen LogP contribution in [0.1, 0.15) is 22.3 Å². The van der Waals surface area contributed by atoms with E-state index in [0.29, 0.717) is 10.8 Å². The van der Waals surface area contributed by atoms with Crippen LogP contribution in [0.2, 0.25) is 5.28 Å². The van der Waals surface area contributed by atoms with Crippen molar-refractivity contribution in [3.8, 4) is 0 Å². The zero-order valence-corrected chi connectivity index (χ0v) is 15.3. The Morgan fingerprint density at radius 1 is 1.19 bits per heavy atom. The van der Waals surface area contributed by atoms with Gasteiger partial charge < -0.3 is 15.2 Å². The van der Waals surface area contributed by atoms with Crippen molar-refractivity contribution < 1.29 is 9.59 Å². The molecular formula is C19H19ClN4O2. The van der Waals surface area contributed by atoms with E-state index in [4.69, 9.17) is 11.6 Å². The number of imidazole rings is 1. The van der Waals surface area contributed by atoms with Gasteiger partial charge in [0, 0.05) is 31.3 Å². The Morgan fingerprint density at radius 2 is 1.96 bits per heavy atom. The van der Waals surface area contributed by atoms with Crippen LogP contribution in [0.4, 0.5) is 5.69 Å². The summed E-state index contributed by atoms with van der Waals surface area (Å²) in [6.07, 6.45) is 0.194. The van der Waals surface area contributed by atoms with E-state index >= 15 is 0 Å². The van der Waals surface area contributed by atoms with Crippen LogP contribution in [0.15, 0.2) is 42.5 Å². The number of anilines is 1. The van der Waals surface area contributed by atoms with Crippen molar-refractivity contribution in [3.63, 3.8) is 0 Å². The molecule has 0 radical (unpaired) electrons. The molecule has 134 valence electrons. The van der Waals surface area contributed by atoms with Crippen LogP contribution in [0.25, 0.3) is 11.0 Å². The second kappa shape index (κ2) is 7.58. The number of nitrogens with zero attached hydrogens (tertiary/aromatic N) is 2. The lowest BCUT2D eigenvalue weighted by Gasteiger charge is -2.09. The Kier molecular flexibility index (Phi) is 5.23. The molecule has 0 saturated carbocycles. The molecule has 0 aliphatic heterocycles. The van der Waals surface area contributed by atoms with Gasteiger partial charge in [-0.05, 0) is 48.4 Å². The number of aryl methyl sites for hydroxylation is 2. The van der Waals surface area contributed by atoms with Gasteiger partial charge in [0.1, 0.15) is 0 Å². The molecule has 0 saturated heterocycles. The maximum Gasteiger partial charge on any atom is 0.251 e. The molecule has 1 heterocycles. The van der Waals surface area contributed by atoms with Gasteiger partial charge in [0.15, 0.2) is 0 Å². The first-order chi connectivity index (χ1) is 12.5. The summed E-state index contributed by atoms with van der Waals surface area (Å²) in [4.78, 5) is 28.5. The van der Waals surface area contributed by atoms with Gasteiger partial charge in [-0.1, -0.05) is 18.2 Å². The smallest absolute Gasteiger partial charge is 0.251 e. The van der Waals surface area contributed by atoms with Gasteiger partial charge in [-0.25, -0.2) is 4.98 Å². The van der Waals surface area contributed by atoms with Gasteiger partial charge >= 0.3 is 0 Å². The molecule has 3 rings (SSSR count). The quantitative estimate of drug-likeness (QED) is 0.723. The number of rotatable bonds is 5. The number of amides is 2. The molecule has 0 bridgehead atoms. The van der Waals surface area contributed by atoms with E-state index in [-0.39, 0.29) is 24.8 Å². The highest BCUT2D eigenvalue weighted by atomic mass is 35.5. The van der Waals surface area contributed by atoms with Gasteiger partial charge in [-0.2, -0.15) is 0 Å². The molecular weight excluding hydrogens is 352 g/mol. The molecule has 3 aromatic rings. The first kappa shape index (κ1) is 17.9. The predicted molar refractivity (Wildman–Crippen MR) is 102 cm³/mol. The van der Waals surface area contributed by atoms with Crippen molar-refractivity contribution in [3.05, 3.63) is 58.9 Å². The average Bonchev–Trinajstić information content (AvgIpc) is 2.91. The summed E-state index contributed by atoms with van der Waals surface area (Å²) in [6, 6.07) is 12.7. The first-order valence-corrected chi connectivity index (χ1v) is 8.59. The van der Waals surface area contributed by atoms with Crippen molar-refractivity contribution >= 4 is 40.1 Å². The van der Waals surface area contributed by atoms with Gasteiger partial charge in [0.2, 0.25) is 11.2 Å². The molecule has 0 atom stereocenters. The highest BCUT2D eigenvalue weighted by Gasteiger charge is 2.11. The van der Waals surface area contributed by atoms with Crippen LogP contribution >= 0.6 is 11.6 Å². The number of hydrogen-bond acceptors (Lipinski definition) is 3. The van der Waals surface area contributed by atoms with Crippen molar-refractivity contribution in [1.29, 1.82) is 0 Å². The standard InChI is InChI=1S/C19H19ClN4O2/c1-12-5-3-4-6-14(12)22-17(25)9-10-21-18(26)13-7-8-15-16(11-13)24(2)19(20)23-15/h3-8,11H,9-10H2,1-2H3,(H,21,26)(H,22,25). The Morgan fingerprint density at radius 3 is 2.73 bits per heavy atom. The third-order valence-electron chi connectivity index (χ3n) is 4.15. The largest absolute Gasteiger partial charge is 0.352 e. The van der Waals surface area contributed by atoms with E-state index in [0.717, 1.165) is 22.3 Å². The average molecular weight is 371 g/mol. The van der Waals surface area contributed by atoms with Crippen molar-refractivity contribution in [2.45, 2.75) is 13.3 Å². The number of fused-ring (bicyclic) bond motifs is 1. The van der Waals surface area contributed by atoms with Crippen molar-refractivity contribution in [1.82, 2.24) is 14.9 Å². The Labute approximate surface area is 156 Å². The molecule has 2 aromatic carbocycles. The Balaban J connectivity index is 1.56. The van der Waals surface area contributed by atoms with E-state index in [9.17, 15) is 9.59 Å². The zero-order chi connectivity index (χ0) is 18.7. The van der Waals surface area contributed by atoms with Gasteiger partial charge in [0.05, 0.1) is 11.0 Å². The molecule has 0 spiro atoms. The first-order valence-electron chi connectivity index (χ1n) is 8.21. The fraction of sp³-hybridized carbons (Fsp3) is 0.211. The monoisotopic (exact) mass is 370 g/mol. The number of para-hydroxylation sites is 1. The summed E-state index contributed by atoms with van der Waals surface area (Å²) in [6.45, 7) is 2.18. The molecule has 2 N–H and O–H groups in total. The van der Waals surface area contributed by atoms with Crippen LogP contribution in [0.5, 0.6) is 0 Å². The number of halogens is 1. The summed E-state index contributed by atoms with van der Waals surface area (Å²) in [7, 11) is 1.79. The minimum atomic E-state index is -0.243. The lowest BCUT2D eigenvalue weighted by molar-refractivity contribution is -0.116. The zero-order valence-electron chi connectivity index (χ0n) is 14.5. The summed E-state index contributed by atoms with van der Waals surface area (Å²) >= 11 is 5.99. The Bertz CT molecular complexity index is 981. The highest BCUT2D eigenvalue weighted by molar-refractivity contribution is 6.29. The van der Waals surface area contributed by atoms with E-state index in [1.165, 1.54) is 0 Å². The molecule has 1 aromatic heterocycles. The molecule has 7 heteroatoms. The summed E-state index contributed by atoms with van der Waals surface area (Å²) < 4.78 is 1.71. The third-order valence-corrected chi connectivity index (χ3v) is 4.48. The number of hydrogen-bond donors (Lipinski definition) is 2. The molecule has 6 nitrogen and oxygen atoms in total. The van der Waals surface area contributed by atoms with Crippen LogP contribution in [0, 0.1) is 6.92 Å². The van der Waals surface area contributed by atoms with Crippen LogP contribution in [-0.2, 0) is 11.8 Å².